The van der Waals surface area contributed by atoms with E-state index in [9.17, 15) is 9.90 Å². The summed E-state index contributed by atoms with van der Waals surface area (Å²) in [7, 11) is 0. The van der Waals surface area contributed by atoms with E-state index >= 15 is 0 Å². The molecule has 0 aliphatic carbocycles. The van der Waals surface area contributed by atoms with Crippen molar-refractivity contribution >= 4 is 12.1 Å². The van der Waals surface area contributed by atoms with Gasteiger partial charge in [0, 0.05) is 11.8 Å². The number of carbonyl (C=O) groups is 1. The van der Waals surface area contributed by atoms with Gasteiger partial charge in [0.25, 0.3) is 0 Å². The Balaban J connectivity index is 2.01. The predicted octanol–water partition coefficient (Wildman–Crippen LogP) is 1.66. The van der Waals surface area contributed by atoms with Gasteiger partial charge >= 0.3 is 0 Å². The number of nitrogens with one attached hydrogen (secondary N) is 1. The quantitative estimate of drug-likeness (QED) is 0.441. The van der Waals surface area contributed by atoms with E-state index in [4.69, 9.17) is 0 Å². The van der Waals surface area contributed by atoms with Crippen LogP contribution in [-0.2, 0) is 4.79 Å². The van der Waals surface area contributed by atoms with Crippen LogP contribution in [-0.4, -0.2) is 29.3 Å². The van der Waals surface area contributed by atoms with Gasteiger partial charge in [0.05, 0.1) is 6.04 Å². The second kappa shape index (κ2) is 4.57. The topological polar surface area (TPSA) is 61.7 Å². The molecule has 0 saturated carbocycles. The number of hydrogen-bond acceptors (Lipinski definition) is 3. The molecule has 2 aliphatic heterocycles. The van der Waals surface area contributed by atoms with E-state index in [1.54, 1.807) is 0 Å². The van der Waals surface area contributed by atoms with Gasteiger partial charge in [-0.15, -0.1) is 0 Å². The van der Waals surface area contributed by atoms with Crippen LogP contribution in [0.15, 0.2) is 40.6 Å². The van der Waals surface area contributed by atoms with E-state index in [0.29, 0.717) is 11.6 Å². The number of hydrogen-bond donors (Lipinski definition) is 2. The number of carbonyl (C=O) groups excluding carboxylic acids is 1. The highest BCUT2D eigenvalue weighted by molar-refractivity contribution is 6.02. The van der Waals surface area contributed by atoms with Gasteiger partial charge in [0.2, 0.25) is 5.91 Å². The fourth-order valence-corrected chi connectivity index (χ4v) is 2.01. The summed E-state index contributed by atoms with van der Waals surface area (Å²) >= 11 is 0. The molecular formula is C13H16N2O2. The Labute approximate surface area is 100 Å². The third kappa shape index (κ3) is 2.46. The van der Waals surface area contributed by atoms with Crippen molar-refractivity contribution in [2.45, 2.75) is 31.8 Å². The average Bonchev–Trinajstić information content (AvgIpc) is 2.25. The Hall–Kier alpha value is -1.84. The zero-order valence-electron chi connectivity index (χ0n) is 9.81. The lowest BCUT2D eigenvalue weighted by molar-refractivity contribution is -0.122. The molecule has 0 spiro atoms. The largest absolute Gasteiger partial charge is 0.510 e. The number of rotatable bonds is 3. The first-order valence-corrected chi connectivity index (χ1v) is 5.68. The predicted molar refractivity (Wildman–Crippen MR) is 67.1 cm³/mol. The van der Waals surface area contributed by atoms with Crippen molar-refractivity contribution in [3.63, 3.8) is 0 Å². The molecular weight excluding hydrogens is 216 g/mol. The average molecular weight is 232 g/mol. The number of aliphatic hydroxyl groups is 1. The summed E-state index contributed by atoms with van der Waals surface area (Å²) in [6.45, 7) is 5.49. The summed E-state index contributed by atoms with van der Waals surface area (Å²) in [6, 6.07) is -0.0787. The maximum atomic E-state index is 11.3. The molecule has 1 saturated heterocycles. The Kier molecular flexibility index (Phi) is 3.13. The van der Waals surface area contributed by atoms with Crippen molar-refractivity contribution in [2.75, 3.05) is 0 Å². The first kappa shape index (κ1) is 11.6. The Bertz CT molecular complexity index is 446. The standard InChI is InChI=1S/C13H16N2O2/c1-8-7-10(5-6-14-8)3-4-11-12(9(2)16)15-13(11)17/h4-6,8,12,16H,2-3,7H2,1H3,(H,15,17)/b11-4+/t8?,12-/m1/s1. The summed E-state index contributed by atoms with van der Waals surface area (Å²) in [5.41, 5.74) is 1.86. The molecule has 4 heteroatoms. The molecule has 2 heterocycles. The molecule has 0 aromatic rings. The molecule has 0 radical (unpaired) electrons. The highest BCUT2D eigenvalue weighted by Gasteiger charge is 2.34. The van der Waals surface area contributed by atoms with Gasteiger partial charge in [-0.2, -0.15) is 0 Å². The van der Waals surface area contributed by atoms with Crippen molar-refractivity contribution in [1.82, 2.24) is 5.32 Å². The minimum absolute atomic E-state index is 0.0107. The van der Waals surface area contributed by atoms with Gasteiger partial charge in [0.15, 0.2) is 0 Å². The number of aliphatic imine (C=N–C) groups is 1. The Morgan fingerprint density at radius 2 is 2.53 bits per heavy atom. The second-order valence-electron chi connectivity index (χ2n) is 4.44. The number of β-lactam (4-membered cyclic amide) rings is 1. The van der Waals surface area contributed by atoms with Gasteiger partial charge < -0.3 is 10.4 Å². The number of amides is 1. The molecule has 2 atom stereocenters. The van der Waals surface area contributed by atoms with Crippen LogP contribution in [0.25, 0.3) is 0 Å². The van der Waals surface area contributed by atoms with Crippen molar-refractivity contribution in [2.24, 2.45) is 4.99 Å². The first-order chi connectivity index (χ1) is 8.08. The smallest absolute Gasteiger partial charge is 0.250 e. The third-order valence-corrected chi connectivity index (χ3v) is 2.97. The lowest BCUT2D eigenvalue weighted by Crippen LogP contribution is -2.52. The molecule has 90 valence electrons. The van der Waals surface area contributed by atoms with Gasteiger partial charge in [-0.25, -0.2) is 0 Å². The Morgan fingerprint density at radius 1 is 1.76 bits per heavy atom. The molecule has 1 fully saturated rings. The lowest BCUT2D eigenvalue weighted by Gasteiger charge is -2.29. The molecule has 1 unspecified atom stereocenters. The van der Waals surface area contributed by atoms with Crippen molar-refractivity contribution < 1.29 is 9.90 Å². The first-order valence-electron chi connectivity index (χ1n) is 5.68. The SMILES string of the molecule is C=C(O)[C@H]1NC(=O)/C1=C/CC1=CC=NC(C)C1. The van der Waals surface area contributed by atoms with E-state index in [1.807, 2.05) is 18.4 Å². The fourth-order valence-electron chi connectivity index (χ4n) is 2.01. The molecule has 2 N–H and O–H groups in total. The zero-order chi connectivity index (χ0) is 12.4. The van der Waals surface area contributed by atoms with Crippen molar-refractivity contribution in [3.05, 3.63) is 35.6 Å². The second-order valence-corrected chi connectivity index (χ2v) is 4.44. The van der Waals surface area contributed by atoms with Gasteiger partial charge in [0.1, 0.15) is 11.8 Å². The maximum Gasteiger partial charge on any atom is 0.250 e. The van der Waals surface area contributed by atoms with Crippen LogP contribution in [0.4, 0.5) is 0 Å². The van der Waals surface area contributed by atoms with Crippen LogP contribution in [0.5, 0.6) is 0 Å². The fraction of sp³-hybridized carbons (Fsp3) is 0.385. The van der Waals surface area contributed by atoms with Crippen LogP contribution >= 0.6 is 0 Å². The summed E-state index contributed by atoms with van der Waals surface area (Å²) in [6.07, 6.45) is 7.31. The number of allylic oxidation sites excluding steroid dienone is 2. The molecule has 0 bridgehead atoms. The summed E-state index contributed by atoms with van der Waals surface area (Å²) in [4.78, 5) is 15.5. The van der Waals surface area contributed by atoms with Gasteiger partial charge in [-0.05, 0) is 25.8 Å². The van der Waals surface area contributed by atoms with Crippen LogP contribution in [0.1, 0.15) is 19.8 Å². The summed E-state index contributed by atoms with van der Waals surface area (Å²) in [5, 5.41) is 11.8. The molecule has 2 aliphatic rings. The van der Waals surface area contributed by atoms with Crippen LogP contribution in [0.3, 0.4) is 0 Å². The normalized spacial score (nSPS) is 29.6. The van der Waals surface area contributed by atoms with Gasteiger partial charge in [-0.3, -0.25) is 9.79 Å². The van der Waals surface area contributed by atoms with E-state index in [2.05, 4.69) is 23.8 Å². The zero-order valence-corrected chi connectivity index (χ0v) is 9.81. The number of nitrogens with zero attached hydrogens (tertiary/aromatic N) is 1. The van der Waals surface area contributed by atoms with E-state index in [-0.39, 0.29) is 11.7 Å². The third-order valence-electron chi connectivity index (χ3n) is 2.97. The lowest BCUT2D eigenvalue weighted by atomic mass is 9.93. The van der Waals surface area contributed by atoms with Crippen molar-refractivity contribution in [3.8, 4) is 0 Å². The number of dihydropyridines is 1. The molecule has 0 aromatic heterocycles. The minimum Gasteiger partial charge on any atom is -0.510 e. The Morgan fingerprint density at radius 3 is 3.12 bits per heavy atom. The molecule has 1 amide bonds. The van der Waals surface area contributed by atoms with E-state index < -0.39 is 6.04 Å². The summed E-state index contributed by atoms with van der Waals surface area (Å²) < 4.78 is 0. The molecule has 4 nitrogen and oxygen atoms in total. The minimum atomic E-state index is -0.391. The highest BCUT2D eigenvalue weighted by atomic mass is 16.3. The van der Waals surface area contributed by atoms with Crippen LogP contribution < -0.4 is 5.32 Å². The van der Waals surface area contributed by atoms with Crippen LogP contribution in [0.2, 0.25) is 0 Å². The van der Waals surface area contributed by atoms with E-state index in [1.165, 1.54) is 5.57 Å². The number of aliphatic hydroxyl groups excluding tert-OH is 1. The molecule has 2 rings (SSSR count). The maximum absolute atomic E-state index is 11.3. The van der Waals surface area contributed by atoms with Gasteiger partial charge in [-0.1, -0.05) is 18.2 Å². The summed E-state index contributed by atoms with van der Waals surface area (Å²) in [5.74, 6) is -0.133. The van der Waals surface area contributed by atoms with Crippen molar-refractivity contribution in [1.29, 1.82) is 0 Å². The highest BCUT2D eigenvalue weighted by Crippen LogP contribution is 2.22. The van der Waals surface area contributed by atoms with E-state index in [0.717, 1.165) is 12.8 Å². The van der Waals surface area contributed by atoms with Crippen LogP contribution in [0, 0.1) is 0 Å². The molecule has 0 aromatic carbocycles. The molecule has 17 heavy (non-hydrogen) atoms. The monoisotopic (exact) mass is 232 g/mol.